The monoisotopic (exact) mass is 434 g/mol. The number of carbonyl (C=O) groups excluding carboxylic acids is 1. The molecular formula is C26H30N2O2S. The van der Waals surface area contributed by atoms with Crippen LogP contribution >= 0.6 is 11.8 Å². The van der Waals surface area contributed by atoms with Crippen molar-refractivity contribution in [2.75, 3.05) is 13.7 Å². The van der Waals surface area contributed by atoms with Crippen LogP contribution in [0.1, 0.15) is 37.8 Å². The van der Waals surface area contributed by atoms with Crippen molar-refractivity contribution in [3.63, 3.8) is 0 Å². The summed E-state index contributed by atoms with van der Waals surface area (Å²) in [5, 5.41) is 0. The van der Waals surface area contributed by atoms with Crippen LogP contribution in [-0.4, -0.2) is 25.7 Å². The fourth-order valence-corrected chi connectivity index (χ4v) is 3.76. The van der Waals surface area contributed by atoms with Gasteiger partial charge in [-0.2, -0.15) is 0 Å². The van der Waals surface area contributed by atoms with Gasteiger partial charge in [-0.3, -0.25) is 9.79 Å². The molecule has 0 aromatic heterocycles. The molecule has 5 heteroatoms. The SMILES string of the molecule is C=C(C=O)/C=C\C1=C(C)N=C(c2ccc(OC)cc2)c2ccccc2S1.CCCCN. The zero-order chi connectivity index (χ0) is 22.6. The fourth-order valence-electron chi connectivity index (χ4n) is 2.78. The van der Waals surface area contributed by atoms with Crippen molar-refractivity contribution >= 4 is 23.8 Å². The van der Waals surface area contributed by atoms with Gasteiger partial charge in [0.05, 0.1) is 18.5 Å². The van der Waals surface area contributed by atoms with Crippen LogP contribution in [0.3, 0.4) is 0 Å². The molecule has 0 fully saturated rings. The van der Waals surface area contributed by atoms with E-state index in [1.807, 2.05) is 49.4 Å². The van der Waals surface area contributed by atoms with Crippen molar-refractivity contribution in [3.05, 3.63) is 94.6 Å². The van der Waals surface area contributed by atoms with Gasteiger partial charge in [0, 0.05) is 26.5 Å². The number of nitrogens with zero attached hydrogens (tertiary/aromatic N) is 1. The summed E-state index contributed by atoms with van der Waals surface area (Å²) in [6.07, 6.45) is 6.74. The molecule has 0 aliphatic carbocycles. The molecule has 0 unspecified atom stereocenters. The highest BCUT2D eigenvalue weighted by Crippen LogP contribution is 2.37. The summed E-state index contributed by atoms with van der Waals surface area (Å²) in [4.78, 5) is 17.8. The first-order valence-electron chi connectivity index (χ1n) is 10.3. The van der Waals surface area contributed by atoms with Gasteiger partial charge in [-0.05, 0) is 56.3 Å². The molecular weight excluding hydrogens is 404 g/mol. The number of ether oxygens (including phenoxy) is 1. The maximum Gasteiger partial charge on any atom is 0.149 e. The van der Waals surface area contributed by atoms with Gasteiger partial charge in [-0.1, -0.05) is 56.0 Å². The molecule has 1 aliphatic rings. The van der Waals surface area contributed by atoms with Crippen LogP contribution in [0.4, 0.5) is 0 Å². The average molecular weight is 435 g/mol. The summed E-state index contributed by atoms with van der Waals surface area (Å²) in [5.74, 6) is 0.814. The molecule has 0 atom stereocenters. The Bertz CT molecular complexity index is 987. The topological polar surface area (TPSA) is 64.7 Å². The highest BCUT2D eigenvalue weighted by molar-refractivity contribution is 8.03. The number of carbonyl (C=O) groups is 1. The Labute approximate surface area is 189 Å². The number of aldehydes is 1. The van der Waals surface area contributed by atoms with Gasteiger partial charge in [-0.25, -0.2) is 0 Å². The number of nitrogens with two attached hydrogens (primary N) is 1. The highest BCUT2D eigenvalue weighted by Gasteiger charge is 2.17. The van der Waals surface area contributed by atoms with Crippen molar-refractivity contribution in [2.45, 2.75) is 31.6 Å². The van der Waals surface area contributed by atoms with Crippen molar-refractivity contribution < 1.29 is 9.53 Å². The number of aliphatic imine (C=N–C) groups is 1. The summed E-state index contributed by atoms with van der Waals surface area (Å²) < 4.78 is 5.25. The van der Waals surface area contributed by atoms with Gasteiger partial charge in [0.1, 0.15) is 12.0 Å². The molecule has 3 rings (SSSR count). The Kier molecular flexibility index (Phi) is 10.0. The van der Waals surface area contributed by atoms with Crippen LogP contribution in [0.25, 0.3) is 0 Å². The van der Waals surface area contributed by atoms with Crippen molar-refractivity contribution in [2.24, 2.45) is 10.7 Å². The van der Waals surface area contributed by atoms with E-state index in [1.54, 1.807) is 24.9 Å². The Hall–Kier alpha value is -2.89. The molecule has 31 heavy (non-hydrogen) atoms. The minimum Gasteiger partial charge on any atom is -0.497 e. The summed E-state index contributed by atoms with van der Waals surface area (Å²) in [6.45, 7) is 8.65. The number of allylic oxidation sites excluding steroid dienone is 4. The number of hydrogen-bond acceptors (Lipinski definition) is 5. The fraction of sp³-hybridized carbons (Fsp3) is 0.231. The van der Waals surface area contributed by atoms with Crippen molar-refractivity contribution in [3.8, 4) is 5.75 Å². The zero-order valence-corrected chi connectivity index (χ0v) is 19.2. The molecule has 0 saturated heterocycles. The molecule has 0 bridgehead atoms. The quantitative estimate of drug-likeness (QED) is 0.333. The third kappa shape index (κ3) is 7.09. The van der Waals surface area contributed by atoms with Gasteiger partial charge >= 0.3 is 0 Å². The maximum atomic E-state index is 10.8. The molecule has 0 amide bonds. The second kappa shape index (κ2) is 12.7. The number of methoxy groups -OCH3 is 1. The molecule has 0 saturated carbocycles. The van der Waals surface area contributed by atoms with E-state index >= 15 is 0 Å². The second-order valence-electron chi connectivity index (χ2n) is 6.91. The Morgan fingerprint density at radius 3 is 2.48 bits per heavy atom. The number of fused-ring (bicyclic) bond motifs is 1. The lowest BCUT2D eigenvalue weighted by atomic mass is 10.0. The lowest BCUT2D eigenvalue weighted by Crippen LogP contribution is -2.04. The van der Waals surface area contributed by atoms with Crippen LogP contribution < -0.4 is 10.5 Å². The Morgan fingerprint density at radius 2 is 1.90 bits per heavy atom. The average Bonchev–Trinajstić information content (AvgIpc) is 2.95. The molecule has 2 aromatic carbocycles. The summed E-state index contributed by atoms with van der Waals surface area (Å²) in [5.41, 5.74) is 9.50. The molecule has 1 aliphatic heterocycles. The first kappa shape index (κ1) is 24.4. The smallest absolute Gasteiger partial charge is 0.149 e. The predicted octanol–water partition coefficient (Wildman–Crippen LogP) is 5.93. The Morgan fingerprint density at radius 1 is 1.19 bits per heavy atom. The summed E-state index contributed by atoms with van der Waals surface area (Å²) >= 11 is 1.64. The van der Waals surface area contributed by atoms with Gasteiger partial charge in [0.25, 0.3) is 0 Å². The lowest BCUT2D eigenvalue weighted by Gasteiger charge is -2.10. The van der Waals surface area contributed by atoms with Gasteiger partial charge < -0.3 is 10.5 Å². The summed E-state index contributed by atoms with van der Waals surface area (Å²) in [7, 11) is 1.66. The highest BCUT2D eigenvalue weighted by atomic mass is 32.2. The van der Waals surface area contributed by atoms with Crippen LogP contribution in [0.5, 0.6) is 5.75 Å². The van der Waals surface area contributed by atoms with Crippen LogP contribution in [0, 0.1) is 0 Å². The van der Waals surface area contributed by atoms with E-state index in [4.69, 9.17) is 15.5 Å². The Balaban J connectivity index is 0.000000614. The number of unbranched alkanes of at least 4 members (excludes halogenated alkanes) is 1. The first-order valence-corrected chi connectivity index (χ1v) is 11.1. The van der Waals surface area contributed by atoms with Crippen LogP contribution in [0.2, 0.25) is 0 Å². The number of thioether (sulfide) groups is 1. The summed E-state index contributed by atoms with van der Waals surface area (Å²) in [6, 6.07) is 16.1. The molecule has 4 nitrogen and oxygen atoms in total. The second-order valence-corrected chi connectivity index (χ2v) is 7.99. The van der Waals surface area contributed by atoms with Crippen LogP contribution in [-0.2, 0) is 4.79 Å². The number of rotatable bonds is 7. The molecule has 0 radical (unpaired) electrons. The minimum absolute atomic E-state index is 0.433. The third-order valence-electron chi connectivity index (χ3n) is 4.52. The van der Waals surface area contributed by atoms with E-state index in [1.165, 1.54) is 12.8 Å². The molecule has 162 valence electrons. The molecule has 2 N–H and O–H groups in total. The number of benzene rings is 2. The van der Waals surface area contributed by atoms with Gasteiger partial charge in [-0.15, -0.1) is 0 Å². The largest absolute Gasteiger partial charge is 0.497 e. The maximum absolute atomic E-state index is 10.8. The van der Waals surface area contributed by atoms with Crippen LogP contribution in [0.15, 0.2) is 93.3 Å². The third-order valence-corrected chi connectivity index (χ3v) is 5.75. The van der Waals surface area contributed by atoms with E-state index in [0.29, 0.717) is 5.57 Å². The molecule has 1 heterocycles. The van der Waals surface area contributed by atoms with Crippen molar-refractivity contribution in [1.82, 2.24) is 0 Å². The number of hydrogen-bond donors (Lipinski definition) is 1. The lowest BCUT2D eigenvalue weighted by molar-refractivity contribution is -0.104. The first-order chi connectivity index (χ1) is 15.0. The van der Waals surface area contributed by atoms with Gasteiger partial charge in [0.2, 0.25) is 0 Å². The predicted molar refractivity (Wildman–Crippen MR) is 132 cm³/mol. The normalized spacial score (nSPS) is 13.0. The van der Waals surface area contributed by atoms with E-state index < -0.39 is 0 Å². The molecule has 0 spiro atoms. The minimum atomic E-state index is 0.433. The molecule has 2 aromatic rings. The van der Waals surface area contributed by atoms with E-state index in [0.717, 1.165) is 50.9 Å². The van der Waals surface area contributed by atoms with E-state index in [2.05, 4.69) is 25.6 Å². The van der Waals surface area contributed by atoms with Crippen molar-refractivity contribution in [1.29, 1.82) is 0 Å². The van der Waals surface area contributed by atoms with E-state index in [9.17, 15) is 4.79 Å². The standard InChI is InChI=1S/C22H19NO2S.C4H11N/c1-15(14-24)8-13-20-16(2)23-22(17-9-11-18(25-3)12-10-17)19-6-4-5-7-21(19)26-20;1-2-3-4-5/h4-14H,1H2,2-3H3;2-5H2,1H3/b13-8-;. The zero-order valence-electron chi connectivity index (χ0n) is 18.4. The van der Waals surface area contributed by atoms with Gasteiger partial charge in [0.15, 0.2) is 0 Å². The van der Waals surface area contributed by atoms with E-state index in [-0.39, 0.29) is 0 Å².